The van der Waals surface area contributed by atoms with E-state index in [-0.39, 0.29) is 0 Å². The van der Waals surface area contributed by atoms with Gasteiger partial charge in [0.15, 0.2) is 0 Å². The first-order chi connectivity index (χ1) is 13.5. The number of hydrogen-bond acceptors (Lipinski definition) is 5. The van der Waals surface area contributed by atoms with E-state index in [1.807, 2.05) is 30.3 Å². The van der Waals surface area contributed by atoms with E-state index in [0.29, 0.717) is 26.9 Å². The first-order valence-corrected chi connectivity index (χ1v) is 9.86. The van der Waals surface area contributed by atoms with Gasteiger partial charge in [-0.2, -0.15) is 5.26 Å². The molecular formula is C21H17ClN2O3S. The topological polar surface area (TPSA) is 79.2 Å². The Balaban J connectivity index is 2.02. The van der Waals surface area contributed by atoms with Crippen LogP contribution in [0.3, 0.4) is 0 Å². The van der Waals surface area contributed by atoms with Gasteiger partial charge in [0, 0.05) is 16.7 Å². The Hall–Kier alpha value is -2.75. The van der Waals surface area contributed by atoms with E-state index in [9.17, 15) is 14.9 Å². The van der Waals surface area contributed by atoms with Crippen molar-refractivity contribution in [3.05, 3.63) is 81.3 Å². The number of allylic oxidation sites excluding steroid dienone is 1. The first-order valence-electron chi connectivity index (χ1n) is 8.50. The summed E-state index contributed by atoms with van der Waals surface area (Å²) in [5.41, 5.74) is 2.05. The summed E-state index contributed by atoms with van der Waals surface area (Å²) in [6, 6.07) is 18.7. The molecule has 0 unspecified atom stereocenters. The first kappa shape index (κ1) is 20.0. The van der Waals surface area contributed by atoms with E-state index in [1.54, 1.807) is 24.3 Å². The molecule has 28 heavy (non-hydrogen) atoms. The number of nitrogens with zero attached hydrogens (tertiary/aromatic N) is 1. The van der Waals surface area contributed by atoms with Crippen LogP contribution in [0.1, 0.15) is 17.0 Å². The maximum atomic E-state index is 12.7. The minimum absolute atomic E-state index is 0.332. The van der Waals surface area contributed by atoms with Gasteiger partial charge >= 0.3 is 5.97 Å². The molecule has 0 fully saturated rings. The summed E-state index contributed by atoms with van der Waals surface area (Å²) >= 11 is 7.33. The van der Waals surface area contributed by atoms with Gasteiger partial charge in [-0.15, -0.1) is 11.8 Å². The maximum Gasteiger partial charge on any atom is 0.319 e. The van der Waals surface area contributed by atoms with Gasteiger partial charge in [0.2, 0.25) is 5.91 Å². The van der Waals surface area contributed by atoms with E-state index in [0.717, 1.165) is 5.56 Å². The fraction of sp³-hybridized carbons (Fsp3) is 0.190. The van der Waals surface area contributed by atoms with E-state index < -0.39 is 23.7 Å². The van der Waals surface area contributed by atoms with Crippen LogP contribution in [0.15, 0.2) is 65.2 Å². The molecule has 1 heterocycles. The number of esters is 1. The third-order valence-corrected chi connectivity index (χ3v) is 5.78. The van der Waals surface area contributed by atoms with Gasteiger partial charge in [-0.3, -0.25) is 9.59 Å². The van der Waals surface area contributed by atoms with Crippen LogP contribution >= 0.6 is 23.4 Å². The molecule has 0 radical (unpaired) electrons. The lowest BCUT2D eigenvalue weighted by Gasteiger charge is -2.31. The second-order valence-electron chi connectivity index (χ2n) is 6.15. The van der Waals surface area contributed by atoms with Crippen LogP contribution in [0.5, 0.6) is 0 Å². The summed E-state index contributed by atoms with van der Waals surface area (Å²) in [6.45, 7) is 0. The summed E-state index contributed by atoms with van der Waals surface area (Å²) in [5, 5.41) is 13.6. The summed E-state index contributed by atoms with van der Waals surface area (Å²) in [5.74, 6) is -2.46. The van der Waals surface area contributed by atoms with Gasteiger partial charge in [0.1, 0.15) is 5.92 Å². The highest BCUT2D eigenvalue weighted by atomic mass is 35.5. The molecule has 1 N–H and O–H groups in total. The van der Waals surface area contributed by atoms with Gasteiger partial charge < -0.3 is 10.1 Å². The number of thioether (sulfide) groups is 1. The largest absolute Gasteiger partial charge is 0.468 e. The molecule has 0 aliphatic carbocycles. The molecule has 2 aromatic rings. The van der Waals surface area contributed by atoms with Gasteiger partial charge in [-0.25, -0.2) is 0 Å². The summed E-state index contributed by atoms with van der Waals surface area (Å²) in [4.78, 5) is 25.1. The average molecular weight is 413 g/mol. The van der Waals surface area contributed by atoms with Crippen LogP contribution in [0, 0.1) is 17.2 Å². The summed E-state index contributed by atoms with van der Waals surface area (Å²) < 4.78 is 4.83. The normalized spacial score (nSPS) is 19.0. The third kappa shape index (κ3) is 4.22. The molecule has 0 saturated carbocycles. The smallest absolute Gasteiger partial charge is 0.319 e. The Bertz CT molecular complexity index is 952. The Morgan fingerprint density at radius 2 is 1.89 bits per heavy atom. The highest BCUT2D eigenvalue weighted by Crippen LogP contribution is 2.41. The standard InChI is InChI=1S/C21H17ClN2O3S/c1-27-21(26)18-17(14-7-9-15(22)10-8-14)16(11-23)20(24-19(18)25)28-12-13-5-3-2-4-6-13/h2-10,17-18H,12H2,1H3,(H,24,25)/t17-,18-/m1/s1. The van der Waals surface area contributed by atoms with Crippen molar-refractivity contribution in [2.45, 2.75) is 11.7 Å². The SMILES string of the molecule is COC(=O)[C@H]1C(=O)NC(SCc2ccccc2)=C(C#N)[C@H]1c1ccc(Cl)cc1. The number of hydrogen-bond donors (Lipinski definition) is 1. The zero-order valence-corrected chi connectivity index (χ0v) is 16.6. The maximum absolute atomic E-state index is 12.7. The molecule has 0 spiro atoms. The summed E-state index contributed by atoms with van der Waals surface area (Å²) in [6.07, 6.45) is 0. The Morgan fingerprint density at radius 1 is 1.21 bits per heavy atom. The lowest BCUT2D eigenvalue weighted by atomic mass is 9.78. The molecule has 7 heteroatoms. The molecular weight excluding hydrogens is 396 g/mol. The zero-order chi connectivity index (χ0) is 20.1. The molecule has 2 aromatic carbocycles. The van der Waals surface area contributed by atoms with Crippen molar-refractivity contribution in [3.63, 3.8) is 0 Å². The second kappa shape index (κ2) is 8.96. The Labute approximate surface area is 172 Å². The second-order valence-corrected chi connectivity index (χ2v) is 7.57. The number of benzene rings is 2. The number of halogens is 1. The minimum atomic E-state index is -1.14. The zero-order valence-electron chi connectivity index (χ0n) is 15.0. The third-order valence-electron chi connectivity index (χ3n) is 4.44. The van der Waals surface area contributed by atoms with E-state index in [1.165, 1.54) is 18.9 Å². The minimum Gasteiger partial charge on any atom is -0.468 e. The molecule has 0 aromatic heterocycles. The number of carbonyl (C=O) groups is 2. The van der Waals surface area contributed by atoms with Crippen molar-refractivity contribution in [2.24, 2.45) is 5.92 Å². The van der Waals surface area contributed by atoms with E-state index >= 15 is 0 Å². The molecule has 1 aliphatic heterocycles. The fourth-order valence-corrected chi connectivity index (χ4v) is 4.21. The van der Waals surface area contributed by atoms with Crippen molar-refractivity contribution >= 4 is 35.2 Å². The number of nitrogens with one attached hydrogen (secondary N) is 1. The van der Waals surface area contributed by atoms with Gasteiger partial charge in [0.25, 0.3) is 0 Å². The van der Waals surface area contributed by atoms with Gasteiger partial charge in [-0.05, 0) is 23.3 Å². The number of ether oxygens (including phenoxy) is 1. The lowest BCUT2D eigenvalue weighted by molar-refractivity contribution is -0.150. The number of methoxy groups -OCH3 is 1. The molecule has 0 saturated heterocycles. The van der Waals surface area contributed by atoms with Crippen molar-refractivity contribution in [1.29, 1.82) is 5.26 Å². The molecule has 1 amide bonds. The predicted molar refractivity (Wildman–Crippen MR) is 108 cm³/mol. The van der Waals surface area contributed by atoms with Gasteiger partial charge in [0.05, 0.1) is 23.8 Å². The van der Waals surface area contributed by atoms with Crippen LogP contribution in [-0.4, -0.2) is 19.0 Å². The Morgan fingerprint density at radius 3 is 2.50 bits per heavy atom. The molecule has 0 bridgehead atoms. The molecule has 1 aliphatic rings. The highest BCUT2D eigenvalue weighted by molar-refractivity contribution is 8.02. The number of carbonyl (C=O) groups excluding carboxylic acids is 2. The number of amides is 1. The monoisotopic (exact) mass is 412 g/mol. The molecule has 3 rings (SSSR count). The van der Waals surface area contributed by atoms with Crippen molar-refractivity contribution in [2.75, 3.05) is 7.11 Å². The average Bonchev–Trinajstić information content (AvgIpc) is 2.72. The van der Waals surface area contributed by atoms with Crippen molar-refractivity contribution in [1.82, 2.24) is 5.32 Å². The lowest BCUT2D eigenvalue weighted by Crippen LogP contribution is -2.44. The number of nitriles is 1. The van der Waals surface area contributed by atoms with Crippen molar-refractivity contribution in [3.8, 4) is 6.07 Å². The van der Waals surface area contributed by atoms with Crippen LogP contribution in [0.4, 0.5) is 0 Å². The fourth-order valence-electron chi connectivity index (χ4n) is 3.08. The predicted octanol–water partition coefficient (Wildman–Crippen LogP) is 4.01. The molecule has 5 nitrogen and oxygen atoms in total. The Kier molecular flexibility index (Phi) is 6.40. The van der Waals surface area contributed by atoms with Crippen molar-refractivity contribution < 1.29 is 14.3 Å². The van der Waals surface area contributed by atoms with Crippen LogP contribution in [0.2, 0.25) is 5.02 Å². The quantitative estimate of drug-likeness (QED) is 0.592. The van der Waals surface area contributed by atoms with E-state index in [4.69, 9.17) is 16.3 Å². The van der Waals surface area contributed by atoms with E-state index in [2.05, 4.69) is 11.4 Å². The van der Waals surface area contributed by atoms with Gasteiger partial charge in [-0.1, -0.05) is 54.1 Å². The van der Waals surface area contributed by atoms with Crippen LogP contribution in [0.25, 0.3) is 0 Å². The number of rotatable bonds is 5. The van der Waals surface area contributed by atoms with Crippen LogP contribution in [-0.2, 0) is 20.1 Å². The molecule has 142 valence electrons. The summed E-state index contributed by atoms with van der Waals surface area (Å²) in [7, 11) is 1.23. The highest BCUT2D eigenvalue weighted by Gasteiger charge is 2.44. The molecule has 2 atom stereocenters. The van der Waals surface area contributed by atoms with Crippen LogP contribution < -0.4 is 5.32 Å².